The number of hydrogen-bond acceptors (Lipinski definition) is 0. The van der Waals surface area contributed by atoms with E-state index in [1.807, 2.05) is 30.3 Å². The summed E-state index contributed by atoms with van der Waals surface area (Å²) in [6, 6.07) is 36.3. The molecule has 4 aromatic carbocycles. The van der Waals surface area contributed by atoms with Gasteiger partial charge >= 0.3 is 22.4 Å². The van der Waals surface area contributed by atoms with Gasteiger partial charge in [0, 0.05) is 0 Å². The standard InChI is InChI=1S/C21H21P.C8H5.Au/c1-16-4-10-19(11-5-16)22(20-12-6-17(2)7-13-20)21-14-8-18(3)9-15-21;1-2-8-6-4-3-5-7-8;/h4-15H,1-3H3;3-7H;/q;-1;+1. The molecule has 2 heteroatoms. The molecule has 0 heterocycles. The monoisotopic (exact) mass is 602 g/mol. The minimum Gasteiger partial charge on any atom is -0.366 e. The number of hydrogen-bond donors (Lipinski definition) is 0. The molecule has 0 unspecified atom stereocenters. The Hall–Kier alpha value is -2.39. The molecular formula is C29H26AuP. The summed E-state index contributed by atoms with van der Waals surface area (Å²) in [6.07, 6.45) is 6.69. The molecule has 4 aromatic rings. The van der Waals surface area contributed by atoms with Crippen molar-refractivity contribution >= 4 is 23.8 Å². The zero-order chi connectivity index (χ0) is 21.3. The van der Waals surface area contributed by atoms with Gasteiger partial charge in [0.05, 0.1) is 0 Å². The Morgan fingerprint density at radius 1 is 0.516 bits per heavy atom. The maximum absolute atomic E-state index is 6.69. The summed E-state index contributed by atoms with van der Waals surface area (Å²) in [7, 11) is -0.483. The molecule has 0 spiro atoms. The van der Waals surface area contributed by atoms with Crippen molar-refractivity contribution in [3.63, 3.8) is 0 Å². The summed E-state index contributed by atoms with van der Waals surface area (Å²) < 4.78 is 0. The molecule has 0 aromatic heterocycles. The topological polar surface area (TPSA) is 0 Å². The maximum atomic E-state index is 6.69. The van der Waals surface area contributed by atoms with Crippen LogP contribution in [0.5, 0.6) is 0 Å². The van der Waals surface area contributed by atoms with Crippen molar-refractivity contribution in [2.45, 2.75) is 20.8 Å². The first-order valence-corrected chi connectivity index (χ1v) is 11.4. The number of rotatable bonds is 3. The molecule has 4 rings (SSSR count). The van der Waals surface area contributed by atoms with Crippen molar-refractivity contribution in [2.24, 2.45) is 0 Å². The molecule has 0 aliphatic heterocycles. The van der Waals surface area contributed by atoms with E-state index in [9.17, 15) is 0 Å². The van der Waals surface area contributed by atoms with Gasteiger partial charge in [0.15, 0.2) is 0 Å². The van der Waals surface area contributed by atoms with Gasteiger partial charge in [-0.2, -0.15) is 0 Å². The maximum Gasteiger partial charge on any atom is 1.00 e. The fourth-order valence-electron chi connectivity index (χ4n) is 3.05. The van der Waals surface area contributed by atoms with Gasteiger partial charge in [-0.05, 0) is 44.6 Å². The van der Waals surface area contributed by atoms with Crippen LogP contribution in [0.1, 0.15) is 22.3 Å². The molecule has 0 N–H and O–H groups in total. The minimum absolute atomic E-state index is 0. The van der Waals surface area contributed by atoms with E-state index in [0.717, 1.165) is 5.56 Å². The van der Waals surface area contributed by atoms with Crippen LogP contribution in [0.2, 0.25) is 0 Å². The van der Waals surface area contributed by atoms with E-state index in [0.29, 0.717) is 0 Å². The Bertz CT molecular complexity index is 983. The molecule has 0 fully saturated rings. The molecule has 0 saturated heterocycles. The SMILES string of the molecule is Cc1ccc(P(c2ccc(C)cc2)c2ccc(C)cc2)cc1.[Au+].[C-]#Cc1ccccc1. The second-order valence-electron chi connectivity index (χ2n) is 7.33. The predicted octanol–water partition coefficient (Wildman–Crippen LogP) is 5.99. The van der Waals surface area contributed by atoms with Crippen LogP contribution in [0.15, 0.2) is 103 Å². The Kier molecular flexibility index (Phi) is 10.00. The van der Waals surface area contributed by atoms with Crippen molar-refractivity contribution in [1.29, 1.82) is 0 Å². The van der Waals surface area contributed by atoms with E-state index in [2.05, 4.69) is 99.5 Å². The van der Waals surface area contributed by atoms with Crippen LogP contribution in [0.4, 0.5) is 0 Å². The Balaban J connectivity index is 0.000000322. The molecule has 0 bridgehead atoms. The van der Waals surface area contributed by atoms with Gasteiger partial charge in [-0.15, -0.1) is 17.7 Å². The molecule has 0 saturated carbocycles. The van der Waals surface area contributed by atoms with Gasteiger partial charge in [0.1, 0.15) is 0 Å². The normalized spacial score (nSPS) is 9.77. The molecule has 0 atom stereocenters. The van der Waals surface area contributed by atoms with Gasteiger partial charge in [-0.25, -0.2) is 0 Å². The van der Waals surface area contributed by atoms with Crippen LogP contribution in [0, 0.1) is 33.1 Å². The van der Waals surface area contributed by atoms with E-state index in [1.54, 1.807) is 0 Å². The van der Waals surface area contributed by atoms with Crippen LogP contribution in [-0.4, -0.2) is 0 Å². The Labute approximate surface area is 204 Å². The Morgan fingerprint density at radius 2 is 0.839 bits per heavy atom. The van der Waals surface area contributed by atoms with Gasteiger partial charge < -0.3 is 6.42 Å². The molecule has 0 aliphatic carbocycles. The smallest absolute Gasteiger partial charge is 0.366 e. The summed E-state index contributed by atoms with van der Waals surface area (Å²) in [5.74, 6) is 2.28. The van der Waals surface area contributed by atoms with Gasteiger partial charge in [0.25, 0.3) is 0 Å². The molecule has 0 amide bonds. The molecular weight excluding hydrogens is 576 g/mol. The van der Waals surface area contributed by atoms with Gasteiger partial charge in [-0.1, -0.05) is 108 Å². The first-order chi connectivity index (χ1) is 14.6. The van der Waals surface area contributed by atoms with E-state index in [4.69, 9.17) is 6.42 Å². The summed E-state index contributed by atoms with van der Waals surface area (Å²) in [6.45, 7) is 6.43. The molecule has 31 heavy (non-hydrogen) atoms. The number of benzene rings is 4. The summed E-state index contributed by atoms with van der Waals surface area (Å²) >= 11 is 0. The zero-order valence-electron chi connectivity index (χ0n) is 18.1. The van der Waals surface area contributed by atoms with Crippen molar-refractivity contribution in [3.8, 4) is 5.92 Å². The van der Waals surface area contributed by atoms with Crippen molar-refractivity contribution in [3.05, 3.63) is 132 Å². The second-order valence-corrected chi connectivity index (χ2v) is 9.55. The Morgan fingerprint density at radius 3 is 1.10 bits per heavy atom. The summed E-state index contributed by atoms with van der Waals surface area (Å²) in [5.41, 5.74) is 4.76. The number of aryl methyl sites for hydroxylation is 3. The first-order valence-electron chi connectivity index (χ1n) is 10.0. The van der Waals surface area contributed by atoms with Crippen molar-refractivity contribution in [1.82, 2.24) is 0 Å². The zero-order valence-corrected chi connectivity index (χ0v) is 21.1. The first kappa shape index (κ1) is 24.9. The summed E-state index contributed by atoms with van der Waals surface area (Å²) in [5, 5.41) is 4.23. The largest absolute Gasteiger partial charge is 1.00 e. The summed E-state index contributed by atoms with van der Waals surface area (Å²) in [4.78, 5) is 0. The van der Waals surface area contributed by atoms with Gasteiger partial charge in [-0.3, -0.25) is 5.92 Å². The fraction of sp³-hybridized carbons (Fsp3) is 0.103. The van der Waals surface area contributed by atoms with Crippen LogP contribution in [0.3, 0.4) is 0 Å². The van der Waals surface area contributed by atoms with E-state index < -0.39 is 7.92 Å². The van der Waals surface area contributed by atoms with E-state index in [-0.39, 0.29) is 22.4 Å². The van der Waals surface area contributed by atoms with Crippen LogP contribution in [0.25, 0.3) is 0 Å². The predicted molar refractivity (Wildman–Crippen MR) is 132 cm³/mol. The van der Waals surface area contributed by atoms with Crippen LogP contribution in [-0.2, 0) is 22.4 Å². The molecule has 0 radical (unpaired) electrons. The van der Waals surface area contributed by atoms with E-state index in [1.165, 1.54) is 32.6 Å². The quantitative estimate of drug-likeness (QED) is 0.117. The third kappa shape index (κ3) is 7.36. The average Bonchev–Trinajstić information content (AvgIpc) is 2.79. The third-order valence-electron chi connectivity index (χ3n) is 4.79. The second kappa shape index (κ2) is 12.5. The molecule has 0 nitrogen and oxygen atoms in total. The molecule has 158 valence electrons. The van der Waals surface area contributed by atoms with Crippen molar-refractivity contribution in [2.75, 3.05) is 0 Å². The van der Waals surface area contributed by atoms with Crippen LogP contribution < -0.4 is 15.9 Å². The van der Waals surface area contributed by atoms with Gasteiger partial charge in [0.2, 0.25) is 0 Å². The van der Waals surface area contributed by atoms with Crippen molar-refractivity contribution < 1.29 is 22.4 Å². The third-order valence-corrected chi connectivity index (χ3v) is 7.24. The minimum atomic E-state index is -0.483. The van der Waals surface area contributed by atoms with Crippen LogP contribution >= 0.6 is 7.92 Å². The fourth-order valence-corrected chi connectivity index (χ4v) is 5.29. The van der Waals surface area contributed by atoms with E-state index >= 15 is 0 Å². The average molecular weight is 602 g/mol. The molecule has 0 aliphatic rings.